The van der Waals surface area contributed by atoms with E-state index in [0.29, 0.717) is 23.1 Å². The first-order chi connectivity index (χ1) is 19.9. The van der Waals surface area contributed by atoms with Crippen LogP contribution in [0.4, 0.5) is 0 Å². The first-order valence-electron chi connectivity index (χ1n) is 13.5. The molecule has 0 fully saturated rings. The number of ketones is 2. The van der Waals surface area contributed by atoms with Crippen molar-refractivity contribution in [2.45, 2.75) is 20.3 Å². The molecule has 0 bridgehead atoms. The molecule has 0 spiro atoms. The predicted molar refractivity (Wildman–Crippen MR) is 165 cm³/mol. The Morgan fingerprint density at radius 2 is 1.05 bits per heavy atom. The molecule has 196 valence electrons. The lowest BCUT2D eigenvalue weighted by Crippen LogP contribution is -2.03. The third-order valence-electron chi connectivity index (χ3n) is 6.71. The number of carbonyl (C=O) groups excluding carboxylic acids is 2. The van der Waals surface area contributed by atoms with E-state index in [1.165, 1.54) is 0 Å². The Labute approximate surface area is 241 Å². The van der Waals surface area contributed by atoms with Crippen molar-refractivity contribution >= 4 is 11.6 Å². The molecule has 5 aromatic carbocycles. The van der Waals surface area contributed by atoms with Gasteiger partial charge in [-0.2, -0.15) is 0 Å². The van der Waals surface area contributed by atoms with Crippen LogP contribution in [0.1, 0.15) is 65.2 Å². The van der Waals surface area contributed by atoms with Gasteiger partial charge in [0.25, 0.3) is 0 Å². The summed E-state index contributed by atoms with van der Waals surface area (Å²) >= 11 is 0. The molecule has 0 saturated heterocycles. The number of carbonyl (C=O) groups is 2. The normalized spacial score (nSPS) is 10.1. The average Bonchev–Trinajstić information content (AvgIpc) is 3.00. The molecule has 41 heavy (non-hydrogen) atoms. The van der Waals surface area contributed by atoms with Crippen LogP contribution in [0, 0.1) is 37.5 Å². The highest BCUT2D eigenvalue weighted by Crippen LogP contribution is 2.14. The second kappa shape index (κ2) is 12.6. The Morgan fingerprint density at radius 3 is 1.66 bits per heavy atom. The zero-order valence-corrected chi connectivity index (χ0v) is 23.1. The molecule has 0 amide bonds. The third-order valence-corrected chi connectivity index (χ3v) is 6.71. The highest BCUT2D eigenvalue weighted by molar-refractivity contribution is 6.09. The van der Waals surface area contributed by atoms with Crippen LogP contribution in [0.15, 0.2) is 121 Å². The Bertz CT molecular complexity index is 1850. The molecule has 5 rings (SSSR count). The summed E-state index contributed by atoms with van der Waals surface area (Å²) < 4.78 is 0. The van der Waals surface area contributed by atoms with Crippen LogP contribution >= 0.6 is 0 Å². The first-order valence-corrected chi connectivity index (χ1v) is 13.5. The Balaban J connectivity index is 1.33. The minimum Gasteiger partial charge on any atom is -0.294 e. The Morgan fingerprint density at radius 1 is 0.512 bits per heavy atom. The van der Waals surface area contributed by atoms with Gasteiger partial charge in [0.1, 0.15) is 0 Å². The fraction of sp³-hybridized carbons (Fsp3) is 0.0769. The van der Waals surface area contributed by atoms with Crippen LogP contribution in [-0.4, -0.2) is 11.6 Å². The maximum absolute atomic E-state index is 12.9. The van der Waals surface area contributed by atoms with E-state index in [-0.39, 0.29) is 11.6 Å². The lowest BCUT2D eigenvalue weighted by atomic mass is 10.00. The topological polar surface area (TPSA) is 34.1 Å². The van der Waals surface area contributed by atoms with E-state index >= 15 is 0 Å². The average molecular weight is 529 g/mol. The SMILES string of the molecule is Cc1ccc(C(=O)Cc2cccc(C#Cc3ccccc3C#Cc3cccc(C(=O)c4ccc(C)cc4)c3)c2)cc1. The highest BCUT2D eigenvalue weighted by atomic mass is 16.1. The van der Waals surface area contributed by atoms with Gasteiger partial charge in [0.05, 0.1) is 0 Å². The van der Waals surface area contributed by atoms with Gasteiger partial charge in [-0.3, -0.25) is 9.59 Å². The standard InChI is InChI=1S/C39H28O2/c1-28-13-19-35(20-14-28)38(40)27-32-9-5-7-30(25-32)17-23-33-10-3-4-11-34(33)24-18-31-8-6-12-37(26-31)39(41)36-21-15-29(2)16-22-36/h3-16,19-22,25-26H,27H2,1-2H3. The summed E-state index contributed by atoms with van der Waals surface area (Å²) in [6.07, 6.45) is 0.326. The molecule has 0 atom stereocenters. The van der Waals surface area contributed by atoms with Gasteiger partial charge in [0, 0.05) is 45.4 Å². The van der Waals surface area contributed by atoms with Crippen molar-refractivity contribution in [1.29, 1.82) is 0 Å². The molecule has 0 saturated carbocycles. The van der Waals surface area contributed by atoms with Gasteiger partial charge in [-0.25, -0.2) is 0 Å². The molecule has 0 N–H and O–H groups in total. The van der Waals surface area contributed by atoms with Crippen molar-refractivity contribution in [3.05, 3.63) is 177 Å². The number of Topliss-reactive ketones (excluding diaryl/α,β-unsaturated/α-hetero) is 1. The Kier molecular flexibility index (Phi) is 8.35. The smallest absolute Gasteiger partial charge is 0.193 e. The number of rotatable bonds is 5. The van der Waals surface area contributed by atoms with Gasteiger partial charge < -0.3 is 0 Å². The summed E-state index contributed by atoms with van der Waals surface area (Å²) in [6, 6.07) is 38.2. The van der Waals surface area contributed by atoms with Gasteiger partial charge >= 0.3 is 0 Å². The van der Waals surface area contributed by atoms with E-state index in [1.54, 1.807) is 0 Å². The number of hydrogen-bond donors (Lipinski definition) is 0. The van der Waals surface area contributed by atoms with Crippen LogP contribution in [0.25, 0.3) is 0 Å². The van der Waals surface area contributed by atoms with Crippen molar-refractivity contribution in [2.75, 3.05) is 0 Å². The van der Waals surface area contributed by atoms with E-state index in [1.807, 2.05) is 135 Å². The van der Waals surface area contributed by atoms with E-state index in [0.717, 1.165) is 38.9 Å². The zero-order chi connectivity index (χ0) is 28.6. The van der Waals surface area contributed by atoms with E-state index in [2.05, 4.69) is 23.7 Å². The molecule has 0 unspecified atom stereocenters. The van der Waals surface area contributed by atoms with Crippen LogP contribution in [0.3, 0.4) is 0 Å². The van der Waals surface area contributed by atoms with Gasteiger partial charge in [0.2, 0.25) is 0 Å². The summed E-state index contributed by atoms with van der Waals surface area (Å²) in [5.41, 5.74) is 8.36. The van der Waals surface area contributed by atoms with E-state index in [4.69, 9.17) is 0 Å². The number of aryl methyl sites for hydroxylation is 2. The minimum absolute atomic E-state index is 0.0253. The zero-order valence-electron chi connectivity index (χ0n) is 23.1. The minimum atomic E-state index is -0.0253. The fourth-order valence-corrected chi connectivity index (χ4v) is 4.38. The third kappa shape index (κ3) is 7.15. The second-order valence-electron chi connectivity index (χ2n) is 9.99. The maximum Gasteiger partial charge on any atom is 0.193 e. The molecule has 0 aliphatic heterocycles. The molecular formula is C39H28O2. The molecule has 0 aliphatic rings. The fourth-order valence-electron chi connectivity index (χ4n) is 4.38. The number of benzene rings is 5. The van der Waals surface area contributed by atoms with Gasteiger partial charge in [-0.1, -0.05) is 120 Å². The largest absolute Gasteiger partial charge is 0.294 e. The first kappa shape index (κ1) is 27.1. The van der Waals surface area contributed by atoms with Gasteiger partial charge in [-0.05, 0) is 55.8 Å². The van der Waals surface area contributed by atoms with Crippen LogP contribution in [-0.2, 0) is 6.42 Å². The van der Waals surface area contributed by atoms with Gasteiger partial charge in [-0.15, -0.1) is 0 Å². The monoisotopic (exact) mass is 528 g/mol. The van der Waals surface area contributed by atoms with Crippen molar-refractivity contribution in [3.8, 4) is 23.7 Å². The van der Waals surface area contributed by atoms with Crippen molar-refractivity contribution in [1.82, 2.24) is 0 Å². The molecule has 0 radical (unpaired) electrons. The van der Waals surface area contributed by atoms with E-state index < -0.39 is 0 Å². The second-order valence-corrected chi connectivity index (χ2v) is 9.99. The predicted octanol–water partition coefficient (Wildman–Crippen LogP) is 7.76. The quantitative estimate of drug-likeness (QED) is 0.173. The molecule has 2 heteroatoms. The lowest BCUT2D eigenvalue weighted by molar-refractivity contribution is 0.0991. The highest BCUT2D eigenvalue weighted by Gasteiger charge is 2.09. The van der Waals surface area contributed by atoms with E-state index in [9.17, 15) is 9.59 Å². The Hall–Kier alpha value is -5.44. The summed E-state index contributed by atoms with van der Waals surface area (Å²) in [5, 5.41) is 0. The molecular weight excluding hydrogens is 500 g/mol. The molecule has 0 heterocycles. The molecule has 5 aromatic rings. The summed E-state index contributed by atoms with van der Waals surface area (Å²) in [7, 11) is 0. The summed E-state index contributed by atoms with van der Waals surface area (Å²) in [5.74, 6) is 13.0. The van der Waals surface area contributed by atoms with Crippen LogP contribution in [0.5, 0.6) is 0 Å². The van der Waals surface area contributed by atoms with Crippen molar-refractivity contribution < 1.29 is 9.59 Å². The van der Waals surface area contributed by atoms with Gasteiger partial charge in [0.15, 0.2) is 11.6 Å². The lowest BCUT2D eigenvalue weighted by Gasteiger charge is -2.03. The summed E-state index contributed by atoms with van der Waals surface area (Å²) in [4.78, 5) is 25.7. The number of hydrogen-bond acceptors (Lipinski definition) is 2. The van der Waals surface area contributed by atoms with Crippen molar-refractivity contribution in [2.24, 2.45) is 0 Å². The molecule has 0 aliphatic carbocycles. The molecule has 2 nitrogen and oxygen atoms in total. The van der Waals surface area contributed by atoms with Crippen molar-refractivity contribution in [3.63, 3.8) is 0 Å². The molecule has 0 aromatic heterocycles. The summed E-state index contributed by atoms with van der Waals surface area (Å²) in [6.45, 7) is 4.01. The van der Waals surface area contributed by atoms with Crippen LogP contribution in [0.2, 0.25) is 0 Å². The maximum atomic E-state index is 12.9. The van der Waals surface area contributed by atoms with Crippen LogP contribution < -0.4 is 0 Å².